The van der Waals surface area contributed by atoms with Crippen LogP contribution in [0.25, 0.3) is 0 Å². The highest BCUT2D eigenvalue weighted by Crippen LogP contribution is 2.25. The van der Waals surface area contributed by atoms with Crippen molar-refractivity contribution in [2.45, 2.75) is 64.6 Å². The molecule has 100 valence electrons. The van der Waals surface area contributed by atoms with Crippen LogP contribution < -0.4 is 5.73 Å². The molecule has 1 aliphatic rings. The molecule has 0 spiro atoms. The SMILES string of the molecule is CCOC(=O)C(N)CCN1C(C)CCC1CC. The molecular weight excluding hydrogens is 216 g/mol. The number of nitrogens with zero attached hydrogens (tertiary/aromatic N) is 1. The van der Waals surface area contributed by atoms with Crippen LogP contribution in [-0.4, -0.2) is 42.1 Å². The molecule has 4 nitrogen and oxygen atoms in total. The summed E-state index contributed by atoms with van der Waals surface area (Å²) in [5.41, 5.74) is 5.81. The van der Waals surface area contributed by atoms with Crippen LogP contribution in [0.15, 0.2) is 0 Å². The first kappa shape index (κ1) is 14.5. The monoisotopic (exact) mass is 242 g/mol. The van der Waals surface area contributed by atoms with Gasteiger partial charge in [0.05, 0.1) is 6.61 Å². The van der Waals surface area contributed by atoms with Crippen molar-refractivity contribution in [1.29, 1.82) is 0 Å². The molecular formula is C13H26N2O2. The van der Waals surface area contributed by atoms with Crippen molar-refractivity contribution in [2.24, 2.45) is 5.73 Å². The zero-order valence-electron chi connectivity index (χ0n) is 11.3. The maximum absolute atomic E-state index is 11.4. The van der Waals surface area contributed by atoms with E-state index in [9.17, 15) is 4.79 Å². The predicted molar refractivity (Wildman–Crippen MR) is 68.7 cm³/mol. The lowest BCUT2D eigenvalue weighted by atomic mass is 10.1. The number of hydrogen-bond acceptors (Lipinski definition) is 4. The fraction of sp³-hybridized carbons (Fsp3) is 0.923. The van der Waals surface area contributed by atoms with Crippen molar-refractivity contribution in [2.75, 3.05) is 13.2 Å². The standard InChI is InChI=1S/C13H26N2O2/c1-4-11-7-6-10(3)15(11)9-8-12(14)13(16)17-5-2/h10-12H,4-9,14H2,1-3H3. The molecule has 4 heteroatoms. The minimum atomic E-state index is -0.472. The van der Waals surface area contributed by atoms with Crippen LogP contribution in [0.2, 0.25) is 0 Å². The first-order valence-electron chi connectivity index (χ1n) is 6.78. The largest absolute Gasteiger partial charge is 0.465 e. The molecule has 1 heterocycles. The van der Waals surface area contributed by atoms with Crippen LogP contribution >= 0.6 is 0 Å². The van der Waals surface area contributed by atoms with E-state index >= 15 is 0 Å². The third kappa shape index (κ3) is 3.96. The number of ether oxygens (including phenoxy) is 1. The van der Waals surface area contributed by atoms with Crippen molar-refractivity contribution < 1.29 is 9.53 Å². The predicted octanol–water partition coefficient (Wildman–Crippen LogP) is 1.53. The van der Waals surface area contributed by atoms with Gasteiger partial charge in [-0.1, -0.05) is 6.92 Å². The van der Waals surface area contributed by atoms with E-state index < -0.39 is 6.04 Å². The van der Waals surface area contributed by atoms with E-state index in [-0.39, 0.29) is 5.97 Å². The third-order valence-corrected chi connectivity index (χ3v) is 3.71. The van der Waals surface area contributed by atoms with Crippen molar-refractivity contribution in [3.05, 3.63) is 0 Å². The Kier molecular flexibility index (Phi) is 5.92. The highest BCUT2D eigenvalue weighted by atomic mass is 16.5. The van der Waals surface area contributed by atoms with Gasteiger partial charge in [0.15, 0.2) is 0 Å². The van der Waals surface area contributed by atoms with E-state index in [1.807, 2.05) is 0 Å². The van der Waals surface area contributed by atoms with E-state index in [1.165, 1.54) is 19.3 Å². The molecule has 3 unspecified atom stereocenters. The highest BCUT2D eigenvalue weighted by Gasteiger charge is 2.29. The summed E-state index contributed by atoms with van der Waals surface area (Å²) >= 11 is 0. The zero-order valence-corrected chi connectivity index (χ0v) is 11.3. The number of nitrogens with two attached hydrogens (primary N) is 1. The van der Waals surface area contributed by atoms with E-state index in [0.717, 1.165) is 6.54 Å². The Morgan fingerprint density at radius 1 is 1.47 bits per heavy atom. The van der Waals surface area contributed by atoms with Crippen molar-refractivity contribution in [3.8, 4) is 0 Å². The fourth-order valence-electron chi connectivity index (χ4n) is 2.62. The maximum atomic E-state index is 11.4. The Balaban J connectivity index is 2.36. The summed E-state index contributed by atoms with van der Waals surface area (Å²) in [6, 6.07) is 0.814. The molecule has 0 aromatic rings. The molecule has 17 heavy (non-hydrogen) atoms. The summed E-state index contributed by atoms with van der Waals surface area (Å²) in [6.45, 7) is 7.59. The van der Waals surface area contributed by atoms with Gasteiger partial charge in [0.2, 0.25) is 0 Å². The van der Waals surface area contributed by atoms with Gasteiger partial charge < -0.3 is 10.5 Å². The minimum Gasteiger partial charge on any atom is -0.465 e. The molecule has 1 rings (SSSR count). The van der Waals surface area contributed by atoms with Crippen LogP contribution in [0.3, 0.4) is 0 Å². The minimum absolute atomic E-state index is 0.271. The number of rotatable bonds is 6. The molecule has 1 aliphatic heterocycles. The van der Waals surface area contributed by atoms with Crippen LogP contribution in [0.1, 0.15) is 46.5 Å². The van der Waals surface area contributed by atoms with Crippen LogP contribution in [0.4, 0.5) is 0 Å². The molecule has 1 saturated heterocycles. The molecule has 3 atom stereocenters. The average molecular weight is 242 g/mol. The topological polar surface area (TPSA) is 55.6 Å². The van der Waals surface area contributed by atoms with Crippen molar-refractivity contribution >= 4 is 5.97 Å². The van der Waals surface area contributed by atoms with E-state index in [4.69, 9.17) is 10.5 Å². The second-order valence-electron chi connectivity index (χ2n) is 4.87. The summed E-state index contributed by atoms with van der Waals surface area (Å²) < 4.78 is 4.92. The summed E-state index contributed by atoms with van der Waals surface area (Å²) in [6.07, 6.45) is 4.40. The molecule has 2 N–H and O–H groups in total. The highest BCUT2D eigenvalue weighted by molar-refractivity contribution is 5.75. The smallest absolute Gasteiger partial charge is 0.322 e. The maximum Gasteiger partial charge on any atom is 0.322 e. The average Bonchev–Trinajstić information content (AvgIpc) is 2.67. The summed E-state index contributed by atoms with van der Waals surface area (Å²) in [5, 5.41) is 0. The quantitative estimate of drug-likeness (QED) is 0.718. The Morgan fingerprint density at radius 2 is 2.18 bits per heavy atom. The summed E-state index contributed by atoms with van der Waals surface area (Å²) in [5.74, 6) is -0.271. The zero-order chi connectivity index (χ0) is 12.8. The first-order chi connectivity index (χ1) is 8.10. The van der Waals surface area contributed by atoms with Gasteiger partial charge in [-0.2, -0.15) is 0 Å². The summed E-state index contributed by atoms with van der Waals surface area (Å²) in [4.78, 5) is 13.9. The van der Waals surface area contributed by atoms with Gasteiger partial charge >= 0.3 is 5.97 Å². The molecule has 0 aromatic heterocycles. The van der Waals surface area contributed by atoms with Crippen LogP contribution in [0.5, 0.6) is 0 Å². The van der Waals surface area contributed by atoms with Gasteiger partial charge in [-0.15, -0.1) is 0 Å². The molecule has 0 bridgehead atoms. The van der Waals surface area contributed by atoms with E-state index in [0.29, 0.717) is 25.1 Å². The Hall–Kier alpha value is -0.610. The summed E-state index contributed by atoms with van der Waals surface area (Å²) in [7, 11) is 0. The lowest BCUT2D eigenvalue weighted by Gasteiger charge is -2.28. The van der Waals surface area contributed by atoms with Crippen LogP contribution in [-0.2, 0) is 9.53 Å². The number of likely N-dealkylation sites (tertiary alicyclic amines) is 1. The second kappa shape index (κ2) is 6.97. The lowest BCUT2D eigenvalue weighted by molar-refractivity contribution is -0.144. The molecule has 0 radical (unpaired) electrons. The fourth-order valence-corrected chi connectivity index (χ4v) is 2.62. The Morgan fingerprint density at radius 3 is 2.76 bits per heavy atom. The first-order valence-corrected chi connectivity index (χ1v) is 6.78. The molecule has 1 fully saturated rings. The van der Waals surface area contributed by atoms with Crippen molar-refractivity contribution in [3.63, 3.8) is 0 Å². The number of carbonyl (C=O) groups is 1. The molecule has 0 saturated carbocycles. The van der Waals surface area contributed by atoms with Gasteiger partial charge in [0.1, 0.15) is 6.04 Å². The van der Waals surface area contributed by atoms with Crippen LogP contribution in [0, 0.1) is 0 Å². The Bertz CT molecular complexity index is 246. The van der Waals surface area contributed by atoms with Gasteiger partial charge in [0.25, 0.3) is 0 Å². The lowest BCUT2D eigenvalue weighted by Crippen LogP contribution is -2.40. The Labute approximate surface area is 104 Å². The number of hydrogen-bond donors (Lipinski definition) is 1. The molecule has 0 aromatic carbocycles. The van der Waals surface area contributed by atoms with Gasteiger partial charge in [-0.3, -0.25) is 9.69 Å². The van der Waals surface area contributed by atoms with Gasteiger partial charge in [0, 0.05) is 18.6 Å². The number of esters is 1. The molecule has 0 amide bonds. The van der Waals surface area contributed by atoms with Crippen molar-refractivity contribution in [1.82, 2.24) is 4.90 Å². The normalized spacial score (nSPS) is 27.1. The number of carbonyl (C=O) groups excluding carboxylic acids is 1. The molecule has 0 aliphatic carbocycles. The van der Waals surface area contributed by atoms with Gasteiger partial charge in [-0.05, 0) is 39.5 Å². The van der Waals surface area contributed by atoms with Gasteiger partial charge in [-0.25, -0.2) is 0 Å². The van der Waals surface area contributed by atoms with E-state index in [2.05, 4.69) is 18.7 Å². The van der Waals surface area contributed by atoms with E-state index in [1.54, 1.807) is 6.92 Å². The third-order valence-electron chi connectivity index (χ3n) is 3.71. The second-order valence-corrected chi connectivity index (χ2v) is 4.87.